The smallest absolute Gasteiger partial charge is 0.744 e. The van der Waals surface area contributed by atoms with Crippen molar-refractivity contribution in [3.8, 4) is 11.5 Å². The Kier molecular flexibility index (Phi) is 53.6. The van der Waals surface area contributed by atoms with Gasteiger partial charge in [0.05, 0.1) is 82.5 Å². The summed E-state index contributed by atoms with van der Waals surface area (Å²) in [6.07, 6.45) is 1.56. The van der Waals surface area contributed by atoms with Crippen molar-refractivity contribution in [2.24, 2.45) is 40.9 Å². The second-order valence-corrected chi connectivity index (χ2v) is 42.0. The Morgan fingerprint density at radius 2 is 0.530 bits per heavy atom. The minimum atomic E-state index is -5.84. The van der Waals surface area contributed by atoms with Crippen molar-refractivity contribution >= 4 is 245 Å². The van der Waals surface area contributed by atoms with Gasteiger partial charge >= 0.3 is 405 Å². The number of azo groups is 4. The normalized spacial score (nSPS) is 12.4. The van der Waals surface area contributed by atoms with Gasteiger partial charge in [-0.2, -0.15) is 9.97 Å². The molecule has 652 valence electrons. The van der Waals surface area contributed by atoms with Crippen LogP contribution >= 0.6 is 23.2 Å². The van der Waals surface area contributed by atoms with E-state index in [1.54, 1.807) is 0 Å². The summed E-state index contributed by atoms with van der Waals surface area (Å²) in [6, 6.07) is 7.91. The molecule has 0 amide bonds. The van der Waals surface area contributed by atoms with Crippen LogP contribution < -0.4 is 427 Å². The Balaban J connectivity index is 0. The van der Waals surface area contributed by atoms with Crippen LogP contribution in [0.5, 0.6) is 11.5 Å². The number of halogens is 2. The number of aromatic hydroxyl groups is 2. The molecular formula is C56H36Cl2K5N16Na5O36S12. The molecule has 8 aromatic carbocycles. The zero-order chi connectivity index (χ0) is 92.0. The van der Waals surface area contributed by atoms with Crippen LogP contribution in [0.4, 0.5) is 79.9 Å². The predicted molar refractivity (Wildman–Crippen MR) is 398 cm³/mol. The number of aromatic nitrogens is 4. The number of aryl methyl sites for hydroxylation is 2. The molecule has 8 N–H and O–H groups in total. The molecule has 2 aromatic heterocycles. The molecule has 0 aliphatic carbocycles. The van der Waals surface area contributed by atoms with E-state index >= 15 is 0 Å². The molecule has 10 rings (SSSR count). The van der Waals surface area contributed by atoms with Crippen LogP contribution in [0.25, 0.3) is 21.5 Å². The number of benzene rings is 8. The van der Waals surface area contributed by atoms with Gasteiger partial charge in [-0.05, 0) is 122 Å². The minimum Gasteiger partial charge on any atom is -0.744 e. The molecule has 0 aliphatic heterocycles. The number of anilines is 6. The summed E-state index contributed by atoms with van der Waals surface area (Å²) in [6.45, 7) is 2.63. The van der Waals surface area contributed by atoms with Crippen molar-refractivity contribution < 1.29 is 561 Å². The molecule has 52 nitrogen and oxygen atoms in total. The van der Waals surface area contributed by atoms with Gasteiger partial charge in [-0.25, -0.2) is 111 Å². The maximum absolute atomic E-state index is 12.5. The number of hydrogen-bond donors (Lipinski definition) is 6. The van der Waals surface area contributed by atoms with Crippen molar-refractivity contribution in [2.75, 3.05) is 34.6 Å². The van der Waals surface area contributed by atoms with Gasteiger partial charge in [0, 0.05) is 23.9 Å². The third-order valence-electron chi connectivity index (χ3n) is 15.4. The van der Waals surface area contributed by atoms with E-state index in [-0.39, 0.29) is 461 Å². The Bertz CT molecular complexity index is 7520. The Morgan fingerprint density at radius 3 is 0.758 bits per heavy atom. The van der Waals surface area contributed by atoms with E-state index in [4.69, 9.17) is 34.7 Å². The molecule has 0 radical (unpaired) electrons. The number of rotatable bonds is 24. The van der Waals surface area contributed by atoms with Gasteiger partial charge in [0.1, 0.15) is 157 Å². The Labute approximate surface area is 1080 Å². The summed E-state index contributed by atoms with van der Waals surface area (Å²) in [5, 5.41) is 49.6. The summed E-state index contributed by atoms with van der Waals surface area (Å²) in [5.74, 6) is -3.74. The first-order chi connectivity index (χ1) is 55.4. The number of nitrogens with two attached hydrogens (primary N) is 2. The van der Waals surface area contributed by atoms with Gasteiger partial charge < -0.3 is 77.8 Å². The number of fused-ring (bicyclic) bond motifs is 2. The molecule has 0 saturated carbocycles. The van der Waals surface area contributed by atoms with E-state index in [2.05, 4.69) is 71.5 Å². The van der Waals surface area contributed by atoms with Crippen LogP contribution in [-0.2, 0) is 121 Å². The summed E-state index contributed by atoms with van der Waals surface area (Å²) in [4.78, 5) is 1.76. The van der Waals surface area contributed by atoms with Crippen molar-refractivity contribution in [3.63, 3.8) is 0 Å². The van der Waals surface area contributed by atoms with E-state index in [0.29, 0.717) is 60.7 Å². The third kappa shape index (κ3) is 34.2. The van der Waals surface area contributed by atoms with Crippen LogP contribution in [0, 0.1) is 13.8 Å². The fraction of sp³-hybridized carbons (Fsp3) is 0.0714. The van der Waals surface area contributed by atoms with E-state index in [1.807, 2.05) is 0 Å². The maximum atomic E-state index is 12.5. The summed E-state index contributed by atoms with van der Waals surface area (Å²) < 4.78 is 410. The van der Waals surface area contributed by atoms with E-state index < -0.39 is 270 Å². The molecular weight excluding hydrogens is 2240 g/mol. The largest absolute Gasteiger partial charge is 1.00 e. The molecule has 132 heavy (non-hydrogen) atoms. The number of nitrogens with one attached hydrogen (secondary N) is 2. The number of hydrogen-bond acceptors (Lipinski definition) is 52. The van der Waals surface area contributed by atoms with Crippen molar-refractivity contribution in [1.29, 1.82) is 0 Å². The molecule has 0 bridgehead atoms. The molecule has 0 saturated heterocycles. The second-order valence-electron chi connectivity index (χ2n) is 23.9. The average Bonchev–Trinajstić information content (AvgIpc) is 0.739. The number of phenolic OH excluding ortho intramolecular Hbond substituents is 2. The SMILES string of the molecule is Cc1nc(S(C)(=O)=O)nc(Nc2ccc(S(=O)(=O)[O-])c(N=Nc3c(S(=O)(=O)[O-])cc4cc(S(=O)(=O)[O-])c(N=Nc5cc(S(=O)(=O)[O-])ccc5S(=O)(=O)[O-])c(O)c4c3N)c2)c1Cl.Cc1nc(S(C)(=O)=O)nc(Nc2ccc(S(=O)(=O)[O-])c(N=Nc3c(S(=O)(=O)[O-])cc4cc(S(=O)(=O)[O-])c(N=Nc5cc(S(=O)(=O)[O-])ccc5S(=O)(=O)[O-])c(O)c4c3N)c2)c1Cl.[K+].[K+].[K+].[K+].[K+].[Na+].[Na+].[Na+].[Na+].[Na+]. The van der Waals surface area contributed by atoms with Crippen LogP contribution in [-0.4, -0.2) is 189 Å². The molecule has 0 aliphatic rings. The topological polar surface area (TPSA) is 907 Å². The van der Waals surface area contributed by atoms with E-state index in [0.717, 1.165) is 36.8 Å². The predicted octanol–water partition coefficient (Wildman–Crippen LogP) is -25.2. The van der Waals surface area contributed by atoms with Gasteiger partial charge in [-0.15, -0.1) is 40.9 Å². The van der Waals surface area contributed by atoms with E-state index in [1.165, 1.54) is 13.8 Å². The quantitative estimate of drug-likeness (QED) is 0.0108. The molecule has 10 aromatic rings. The summed E-state index contributed by atoms with van der Waals surface area (Å²) >= 11 is 12.4. The monoisotopic (exact) mass is 2270 g/mol. The van der Waals surface area contributed by atoms with Crippen LogP contribution in [0.1, 0.15) is 11.4 Å². The van der Waals surface area contributed by atoms with Crippen molar-refractivity contribution in [1.82, 2.24) is 19.9 Å². The first kappa shape index (κ1) is 136. The fourth-order valence-corrected chi connectivity index (χ4v) is 17.4. The van der Waals surface area contributed by atoms with Crippen molar-refractivity contribution in [2.45, 2.75) is 73.1 Å². The summed E-state index contributed by atoms with van der Waals surface area (Å²) in [5.41, 5.74) is -0.194. The van der Waals surface area contributed by atoms with Gasteiger partial charge in [-0.3, -0.25) is 0 Å². The molecule has 0 atom stereocenters. The number of nitrogen functional groups attached to an aromatic ring is 2. The Morgan fingerprint density at radius 1 is 0.311 bits per heavy atom. The molecule has 0 fully saturated rings. The number of sulfone groups is 2. The fourth-order valence-electron chi connectivity index (χ4n) is 10.1. The number of nitrogens with zero attached hydrogens (tertiary/aromatic N) is 12. The molecule has 2 heterocycles. The van der Waals surface area contributed by atoms with Gasteiger partial charge in [0.25, 0.3) is 0 Å². The molecule has 0 unspecified atom stereocenters. The van der Waals surface area contributed by atoms with Crippen LogP contribution in [0.15, 0.2) is 197 Å². The summed E-state index contributed by atoms with van der Waals surface area (Å²) in [7, 11) is -64.0. The zero-order valence-electron chi connectivity index (χ0n) is 69.2. The van der Waals surface area contributed by atoms with Gasteiger partial charge in [0.15, 0.2) is 23.1 Å². The van der Waals surface area contributed by atoms with E-state index in [9.17, 15) is 157 Å². The third-order valence-corrected chi connectivity index (χ3v) is 26.5. The Hall–Kier alpha value is 2.40. The second kappa shape index (κ2) is 51.8. The standard InChI is InChI=1S/2C28H23ClN8O18S6.5K.5Na/c2*1-11-22(29)27(33-28(31-11)56(2,39)40)32-13-3-5-17(58(44,45)46)15(9-13)34-36-24-19(60(50,51)52)7-12-8-20(61(53,54)55)25(26(38)21(12)23(24)30)37-35-16-10-14(57(41,42)43)4-6-18(16)59(47,48)49;;;;;;;;;;/h2*3-10,38H,30H2,1-2H3,(H,31,32,33)(H,41,42,43)(H,44,45,46)(H,47,48,49)(H,50,51,52)(H,53,54,55);;;;;;;;;;/q;;10*+1/p-10. The number of phenols is 2. The van der Waals surface area contributed by atoms with Gasteiger partial charge in [0.2, 0.25) is 30.0 Å². The zero-order valence-corrected chi connectivity index (χ0v) is 106. The molecule has 76 heteroatoms. The first-order valence-electron chi connectivity index (χ1n) is 30.5. The van der Waals surface area contributed by atoms with Crippen LogP contribution in [0.2, 0.25) is 10.0 Å². The van der Waals surface area contributed by atoms with Crippen molar-refractivity contribution in [3.05, 3.63) is 118 Å². The minimum absolute atomic E-state index is 0. The first-order valence-corrected chi connectivity index (χ1v) is 49.1. The molecule has 0 spiro atoms. The average molecular weight is 2280 g/mol. The van der Waals surface area contributed by atoms with Crippen LogP contribution in [0.3, 0.4) is 0 Å². The maximum Gasteiger partial charge on any atom is 1.00 e. The van der Waals surface area contributed by atoms with Gasteiger partial charge in [-0.1, -0.05) is 23.2 Å².